The Morgan fingerprint density at radius 2 is 2.03 bits per heavy atom. The Kier molecular flexibility index (Phi) is 7.87. The third-order valence-electron chi connectivity index (χ3n) is 5.69. The molecule has 0 atom stereocenters. The summed E-state index contributed by atoms with van der Waals surface area (Å²) in [5.74, 6) is 0.462. The summed E-state index contributed by atoms with van der Waals surface area (Å²) in [6.07, 6.45) is 6.11. The van der Waals surface area contributed by atoms with Gasteiger partial charge in [-0.15, -0.1) is 32.9 Å². The minimum absolute atomic E-state index is 0.169. The Hall–Kier alpha value is -2.17. The van der Waals surface area contributed by atoms with E-state index in [1.165, 1.54) is 40.0 Å². The van der Waals surface area contributed by atoms with Crippen LogP contribution in [0.4, 0.5) is 5.00 Å². The van der Waals surface area contributed by atoms with Gasteiger partial charge in [0.1, 0.15) is 5.00 Å². The van der Waals surface area contributed by atoms with Crippen molar-refractivity contribution >= 4 is 51.3 Å². The van der Waals surface area contributed by atoms with E-state index in [0.29, 0.717) is 22.3 Å². The normalized spacial score (nSPS) is 13.4. The van der Waals surface area contributed by atoms with Crippen LogP contribution in [0.5, 0.6) is 0 Å². The van der Waals surface area contributed by atoms with Gasteiger partial charge in [0.05, 0.1) is 18.4 Å². The number of aromatic nitrogens is 3. The first-order valence-electron chi connectivity index (χ1n) is 11.2. The average molecular weight is 505 g/mol. The van der Waals surface area contributed by atoms with E-state index in [9.17, 15) is 9.59 Å². The molecule has 0 saturated carbocycles. The Labute approximate surface area is 206 Å². The summed E-state index contributed by atoms with van der Waals surface area (Å²) in [7, 11) is 1.39. The van der Waals surface area contributed by atoms with Crippen LogP contribution in [0.3, 0.4) is 0 Å². The predicted octanol–water partition coefficient (Wildman–Crippen LogP) is 5.44. The summed E-state index contributed by atoms with van der Waals surface area (Å²) in [5, 5.41) is 15.1. The van der Waals surface area contributed by atoms with Crippen molar-refractivity contribution in [3.05, 3.63) is 32.3 Å². The van der Waals surface area contributed by atoms with Crippen molar-refractivity contribution < 1.29 is 14.3 Å². The summed E-state index contributed by atoms with van der Waals surface area (Å²) in [6, 6.07) is 2.15. The quantitative estimate of drug-likeness (QED) is 0.250. The van der Waals surface area contributed by atoms with Crippen LogP contribution >= 0.6 is 34.4 Å². The summed E-state index contributed by atoms with van der Waals surface area (Å²) >= 11 is 4.58. The van der Waals surface area contributed by atoms with Gasteiger partial charge in [-0.3, -0.25) is 4.79 Å². The van der Waals surface area contributed by atoms with Gasteiger partial charge in [-0.2, -0.15) is 0 Å². The number of ether oxygens (including phenoxy) is 1. The lowest BCUT2D eigenvalue weighted by molar-refractivity contribution is -0.113. The number of aryl methyl sites for hydroxylation is 2. The number of nitrogens with one attached hydrogen (secondary N) is 1. The molecule has 0 radical (unpaired) electrons. The lowest BCUT2D eigenvalue weighted by atomic mass is 10.1. The number of esters is 1. The highest BCUT2D eigenvalue weighted by Crippen LogP contribution is 2.38. The number of hydrogen-bond acceptors (Lipinski definition) is 8. The number of methoxy groups -OCH3 is 1. The Balaban J connectivity index is 1.48. The maximum absolute atomic E-state index is 12.8. The fourth-order valence-electron chi connectivity index (χ4n) is 4.02. The van der Waals surface area contributed by atoms with Crippen LogP contribution in [0.25, 0.3) is 11.4 Å². The number of amides is 1. The Morgan fingerprint density at radius 1 is 1.21 bits per heavy atom. The first kappa shape index (κ1) is 24.0. The molecule has 4 rings (SSSR count). The van der Waals surface area contributed by atoms with E-state index < -0.39 is 0 Å². The second kappa shape index (κ2) is 10.8. The molecule has 0 spiro atoms. The molecule has 0 fully saturated rings. The van der Waals surface area contributed by atoms with Gasteiger partial charge in [0.2, 0.25) is 5.91 Å². The van der Waals surface area contributed by atoms with Crippen molar-refractivity contribution in [2.24, 2.45) is 0 Å². The van der Waals surface area contributed by atoms with Crippen LogP contribution in [0.2, 0.25) is 0 Å². The van der Waals surface area contributed by atoms with Gasteiger partial charge >= 0.3 is 5.97 Å². The molecular weight excluding hydrogens is 476 g/mol. The lowest BCUT2D eigenvalue weighted by Crippen LogP contribution is -2.16. The highest BCUT2D eigenvalue weighted by atomic mass is 32.2. The van der Waals surface area contributed by atoms with Crippen molar-refractivity contribution in [2.75, 3.05) is 18.2 Å². The number of nitrogens with zero attached hydrogens (tertiary/aromatic N) is 3. The molecule has 0 bridgehead atoms. The van der Waals surface area contributed by atoms with E-state index in [-0.39, 0.29) is 17.6 Å². The zero-order chi connectivity index (χ0) is 23.4. The van der Waals surface area contributed by atoms with E-state index in [2.05, 4.69) is 33.9 Å². The topological polar surface area (TPSA) is 86.1 Å². The molecule has 1 aliphatic carbocycles. The highest BCUT2D eigenvalue weighted by molar-refractivity contribution is 7.99. The van der Waals surface area contributed by atoms with Gasteiger partial charge in [0.25, 0.3) is 0 Å². The number of anilines is 1. The summed E-state index contributed by atoms with van der Waals surface area (Å²) < 4.78 is 7.06. The van der Waals surface area contributed by atoms with Gasteiger partial charge in [0, 0.05) is 27.2 Å². The van der Waals surface area contributed by atoms with Crippen molar-refractivity contribution in [3.8, 4) is 11.4 Å². The van der Waals surface area contributed by atoms with Gasteiger partial charge in [-0.05, 0) is 50.7 Å². The molecule has 3 aromatic rings. The number of thioether (sulfide) groups is 1. The number of hydrogen-bond donors (Lipinski definition) is 1. The smallest absolute Gasteiger partial charge is 0.341 e. The van der Waals surface area contributed by atoms with Crippen molar-refractivity contribution in [3.63, 3.8) is 0 Å². The molecule has 0 aliphatic heterocycles. The second-order valence-corrected chi connectivity index (χ2v) is 10.8. The minimum Gasteiger partial charge on any atom is -0.465 e. The van der Waals surface area contributed by atoms with Crippen LogP contribution in [0, 0.1) is 0 Å². The summed E-state index contributed by atoms with van der Waals surface area (Å²) in [6.45, 7) is 4.90. The fourth-order valence-corrected chi connectivity index (χ4v) is 6.93. The van der Waals surface area contributed by atoms with Crippen LogP contribution in [0.15, 0.2) is 16.6 Å². The predicted molar refractivity (Wildman–Crippen MR) is 135 cm³/mol. The number of fused-ring (bicyclic) bond motifs is 1. The largest absolute Gasteiger partial charge is 0.465 e. The van der Waals surface area contributed by atoms with E-state index in [0.717, 1.165) is 55.5 Å². The highest BCUT2D eigenvalue weighted by Gasteiger charge is 2.26. The van der Waals surface area contributed by atoms with E-state index in [1.54, 1.807) is 11.3 Å². The fraction of sp³-hybridized carbons (Fsp3) is 0.478. The molecule has 0 saturated heterocycles. The SMILES string of the molecule is CCc1cc(-c2nnc(SCC(=O)Nc3sc4c(c3C(=O)OC)CCCCC4)n2CC)cs1. The standard InChI is InChI=1S/C23H28N4O3S3/c1-4-15-11-14(12-31-15)20-25-26-23(27(20)5-2)32-13-18(28)24-21-19(22(29)30-3)16-9-7-6-8-10-17(16)33-21/h11-12H,4-10,13H2,1-3H3,(H,24,28). The van der Waals surface area contributed by atoms with Crippen LogP contribution in [-0.4, -0.2) is 39.5 Å². The van der Waals surface area contributed by atoms with E-state index in [4.69, 9.17) is 4.74 Å². The van der Waals surface area contributed by atoms with Crippen LogP contribution < -0.4 is 5.32 Å². The number of thiophene rings is 2. The minimum atomic E-state index is -0.380. The molecule has 0 aromatic carbocycles. The molecule has 7 nitrogen and oxygen atoms in total. The molecule has 176 valence electrons. The van der Waals surface area contributed by atoms with E-state index >= 15 is 0 Å². The van der Waals surface area contributed by atoms with Crippen LogP contribution in [0.1, 0.15) is 58.8 Å². The molecule has 33 heavy (non-hydrogen) atoms. The number of carbonyl (C=O) groups is 2. The lowest BCUT2D eigenvalue weighted by Gasteiger charge is -2.08. The summed E-state index contributed by atoms with van der Waals surface area (Å²) in [4.78, 5) is 27.8. The van der Waals surface area contributed by atoms with Gasteiger partial charge in [-0.25, -0.2) is 4.79 Å². The van der Waals surface area contributed by atoms with Crippen molar-refractivity contribution in [2.45, 2.75) is 64.1 Å². The zero-order valence-electron chi connectivity index (χ0n) is 19.1. The van der Waals surface area contributed by atoms with Gasteiger partial charge in [0.15, 0.2) is 11.0 Å². The van der Waals surface area contributed by atoms with Crippen LogP contribution in [-0.2, 0) is 35.3 Å². The molecule has 0 unspecified atom stereocenters. The first-order chi connectivity index (χ1) is 16.0. The van der Waals surface area contributed by atoms with Crippen molar-refractivity contribution in [1.82, 2.24) is 14.8 Å². The Bertz CT molecular complexity index is 1150. The maximum atomic E-state index is 12.8. The third kappa shape index (κ3) is 5.17. The molecule has 3 aromatic heterocycles. The van der Waals surface area contributed by atoms with Gasteiger partial charge < -0.3 is 14.6 Å². The molecule has 1 N–H and O–H groups in total. The molecule has 3 heterocycles. The molecule has 10 heteroatoms. The zero-order valence-corrected chi connectivity index (χ0v) is 21.6. The maximum Gasteiger partial charge on any atom is 0.341 e. The molecule has 1 amide bonds. The average Bonchev–Trinajstić information content (AvgIpc) is 3.50. The third-order valence-corrected chi connectivity index (χ3v) is 8.94. The molecule has 1 aliphatic rings. The number of rotatable bonds is 8. The van der Waals surface area contributed by atoms with Crippen molar-refractivity contribution in [1.29, 1.82) is 0 Å². The first-order valence-corrected chi connectivity index (χ1v) is 13.9. The monoisotopic (exact) mass is 504 g/mol. The Morgan fingerprint density at radius 3 is 2.76 bits per heavy atom. The second-order valence-electron chi connectivity index (χ2n) is 7.80. The van der Waals surface area contributed by atoms with Gasteiger partial charge in [-0.1, -0.05) is 25.1 Å². The van der Waals surface area contributed by atoms with E-state index in [1.807, 2.05) is 11.5 Å². The summed E-state index contributed by atoms with van der Waals surface area (Å²) in [5.41, 5.74) is 2.64. The molecular formula is C23H28N4O3S3. The number of carbonyl (C=O) groups excluding carboxylic acids is 2.